The van der Waals surface area contributed by atoms with Crippen molar-refractivity contribution in [1.82, 2.24) is 5.32 Å². The summed E-state index contributed by atoms with van der Waals surface area (Å²) in [7, 11) is 0. The van der Waals surface area contributed by atoms with Crippen molar-refractivity contribution in [3.05, 3.63) is 57.3 Å². The van der Waals surface area contributed by atoms with Gasteiger partial charge in [0.2, 0.25) is 0 Å². The number of anilines is 1. The van der Waals surface area contributed by atoms with E-state index in [4.69, 9.17) is 23.2 Å². The molecule has 0 aliphatic heterocycles. The molecule has 0 aromatic heterocycles. The Kier molecular flexibility index (Phi) is 6.61. The second-order valence-electron chi connectivity index (χ2n) is 5.10. The van der Waals surface area contributed by atoms with E-state index >= 15 is 0 Å². The van der Waals surface area contributed by atoms with E-state index in [1.807, 2.05) is 5.32 Å². The van der Waals surface area contributed by atoms with Crippen LogP contribution in [-0.2, 0) is 0 Å². The molecule has 0 aliphatic rings. The lowest BCUT2D eigenvalue weighted by atomic mass is 10.2. The Labute approximate surface area is 165 Å². The molecule has 0 bridgehead atoms. The Balaban J connectivity index is 2.14. The van der Waals surface area contributed by atoms with Gasteiger partial charge in [0.1, 0.15) is 5.82 Å². The molecule has 27 heavy (non-hydrogen) atoms. The van der Waals surface area contributed by atoms with Crippen LogP contribution in [0.3, 0.4) is 0 Å². The van der Waals surface area contributed by atoms with E-state index in [1.54, 1.807) is 0 Å². The maximum Gasteiger partial charge on any atom is 0.446 e. The van der Waals surface area contributed by atoms with E-state index in [0.717, 1.165) is 12.1 Å². The van der Waals surface area contributed by atoms with Crippen LogP contribution >= 0.6 is 35.0 Å². The van der Waals surface area contributed by atoms with Crippen LogP contribution in [-0.4, -0.2) is 17.4 Å². The summed E-state index contributed by atoms with van der Waals surface area (Å²) in [6.07, 6.45) is 0. The Morgan fingerprint density at radius 2 is 1.78 bits per heavy atom. The molecule has 0 aliphatic carbocycles. The number of benzene rings is 2. The molecule has 0 saturated heterocycles. The molecule has 0 unspecified atom stereocenters. The number of alkyl halides is 3. The zero-order valence-corrected chi connectivity index (χ0v) is 15.7. The van der Waals surface area contributed by atoms with Gasteiger partial charge >= 0.3 is 11.5 Å². The summed E-state index contributed by atoms with van der Waals surface area (Å²) < 4.78 is 51.1. The number of imide groups is 1. The van der Waals surface area contributed by atoms with Gasteiger partial charge in [0.05, 0.1) is 15.6 Å². The van der Waals surface area contributed by atoms with Gasteiger partial charge in [0.25, 0.3) is 5.91 Å². The highest BCUT2D eigenvalue weighted by Gasteiger charge is 2.31. The van der Waals surface area contributed by atoms with Crippen LogP contribution in [0.4, 0.5) is 28.0 Å². The number of carbonyl (C=O) groups is 2. The fourth-order valence-electron chi connectivity index (χ4n) is 2.03. The zero-order chi connectivity index (χ0) is 20.4. The number of urea groups is 1. The van der Waals surface area contributed by atoms with Crippen LogP contribution in [0.2, 0.25) is 10.0 Å². The molecule has 0 saturated carbocycles. The molecule has 144 valence electrons. The van der Waals surface area contributed by atoms with E-state index in [9.17, 15) is 27.2 Å². The quantitative estimate of drug-likeness (QED) is 0.453. The number of nitrogens with one attached hydrogen (secondary N) is 2. The van der Waals surface area contributed by atoms with Gasteiger partial charge in [0, 0.05) is 10.6 Å². The van der Waals surface area contributed by atoms with Gasteiger partial charge in [-0.1, -0.05) is 29.3 Å². The van der Waals surface area contributed by atoms with Gasteiger partial charge in [-0.3, -0.25) is 10.1 Å². The van der Waals surface area contributed by atoms with Crippen LogP contribution in [0.5, 0.6) is 0 Å². The molecule has 0 spiro atoms. The van der Waals surface area contributed by atoms with Crippen molar-refractivity contribution >= 4 is 52.6 Å². The average Bonchev–Trinajstić information content (AvgIpc) is 2.53. The predicted molar refractivity (Wildman–Crippen MR) is 96.0 cm³/mol. The Hall–Kier alpha value is -1.97. The smallest absolute Gasteiger partial charge is 0.307 e. The minimum atomic E-state index is -4.52. The summed E-state index contributed by atoms with van der Waals surface area (Å²) in [6, 6.07) is 4.82. The molecule has 0 fully saturated rings. The van der Waals surface area contributed by atoms with Crippen LogP contribution in [0.25, 0.3) is 0 Å². The van der Waals surface area contributed by atoms with E-state index in [2.05, 4.69) is 5.32 Å². The highest BCUT2D eigenvalue weighted by Crippen LogP contribution is 2.42. The highest BCUT2D eigenvalue weighted by atomic mass is 35.5. The van der Waals surface area contributed by atoms with Crippen molar-refractivity contribution in [3.8, 4) is 0 Å². The van der Waals surface area contributed by atoms with Gasteiger partial charge in [0.15, 0.2) is 0 Å². The fourth-order valence-corrected chi connectivity index (χ4v) is 3.19. The number of carbonyl (C=O) groups excluding carboxylic acids is 2. The summed E-state index contributed by atoms with van der Waals surface area (Å²) in [5, 5.41) is 3.77. The molecular weight excluding hydrogens is 431 g/mol. The maximum absolute atomic E-state index is 13.7. The fraction of sp³-hybridized carbons (Fsp3) is 0.125. The standard InChI is InChI=1S/C16H10Cl2F4N2O2S/c1-7-10(5-6-11(13(7)18)27-16(20,21)22)23-15(26)24-14(25)12-8(17)3-2-4-9(12)19/h2-6H,1H3,(H2,23,24,25,26). The van der Waals surface area contributed by atoms with Gasteiger partial charge in [-0.15, -0.1) is 0 Å². The molecule has 2 N–H and O–H groups in total. The van der Waals surface area contributed by atoms with Crippen LogP contribution in [0, 0.1) is 12.7 Å². The molecular formula is C16H10Cl2F4N2O2S. The van der Waals surface area contributed by atoms with Crippen molar-refractivity contribution in [2.75, 3.05) is 5.32 Å². The number of thioether (sulfide) groups is 1. The third-order valence-corrected chi connectivity index (χ3v) is 4.95. The number of amides is 3. The number of rotatable bonds is 3. The Morgan fingerprint density at radius 3 is 2.37 bits per heavy atom. The van der Waals surface area contributed by atoms with Crippen molar-refractivity contribution in [2.45, 2.75) is 17.3 Å². The topological polar surface area (TPSA) is 58.2 Å². The second-order valence-corrected chi connectivity index (χ2v) is 6.99. The van der Waals surface area contributed by atoms with E-state index in [1.165, 1.54) is 25.1 Å². The van der Waals surface area contributed by atoms with E-state index in [0.29, 0.717) is 0 Å². The zero-order valence-electron chi connectivity index (χ0n) is 13.4. The third-order valence-electron chi connectivity index (χ3n) is 3.24. The highest BCUT2D eigenvalue weighted by molar-refractivity contribution is 8.00. The third kappa shape index (κ3) is 5.50. The van der Waals surface area contributed by atoms with Crippen LogP contribution in [0.1, 0.15) is 15.9 Å². The van der Waals surface area contributed by atoms with Gasteiger partial charge in [-0.25, -0.2) is 9.18 Å². The van der Waals surface area contributed by atoms with Gasteiger partial charge in [-0.2, -0.15) is 13.2 Å². The predicted octanol–water partition coefficient (Wildman–Crippen LogP) is 6.01. The van der Waals surface area contributed by atoms with Gasteiger partial charge in [-0.05, 0) is 48.5 Å². The van der Waals surface area contributed by atoms with Crippen molar-refractivity contribution in [1.29, 1.82) is 0 Å². The summed E-state index contributed by atoms with van der Waals surface area (Å²) in [5.74, 6) is -2.00. The number of hydrogen-bond donors (Lipinski definition) is 2. The van der Waals surface area contributed by atoms with Crippen LogP contribution in [0.15, 0.2) is 35.2 Å². The minimum Gasteiger partial charge on any atom is -0.307 e. The molecule has 11 heteroatoms. The van der Waals surface area contributed by atoms with Crippen LogP contribution < -0.4 is 10.6 Å². The molecule has 0 radical (unpaired) electrons. The molecule has 4 nitrogen and oxygen atoms in total. The first-order valence-electron chi connectivity index (χ1n) is 7.11. The first kappa shape index (κ1) is 21.3. The molecule has 0 heterocycles. The molecule has 2 rings (SSSR count). The van der Waals surface area contributed by atoms with E-state index in [-0.39, 0.29) is 26.2 Å². The first-order chi connectivity index (χ1) is 12.5. The molecule has 2 aromatic rings. The SMILES string of the molecule is Cc1c(NC(=O)NC(=O)c2c(F)cccc2Cl)ccc(SC(F)(F)F)c1Cl. The lowest BCUT2D eigenvalue weighted by Crippen LogP contribution is -2.35. The number of hydrogen-bond acceptors (Lipinski definition) is 3. The summed E-state index contributed by atoms with van der Waals surface area (Å²) in [5.41, 5.74) is -4.79. The Bertz CT molecular complexity index is 886. The van der Waals surface area contributed by atoms with Gasteiger partial charge < -0.3 is 5.32 Å². The summed E-state index contributed by atoms with van der Waals surface area (Å²) in [6.45, 7) is 1.40. The minimum absolute atomic E-state index is 0.0801. The first-order valence-corrected chi connectivity index (χ1v) is 8.68. The van der Waals surface area contributed by atoms with Crippen molar-refractivity contribution in [2.24, 2.45) is 0 Å². The molecule has 0 atom stereocenters. The molecule has 2 aromatic carbocycles. The number of halogens is 6. The van der Waals surface area contributed by atoms with Crippen molar-refractivity contribution < 1.29 is 27.2 Å². The summed E-state index contributed by atoms with van der Waals surface area (Å²) >= 11 is 11.3. The van der Waals surface area contributed by atoms with E-state index < -0.39 is 40.6 Å². The molecule has 3 amide bonds. The lowest BCUT2D eigenvalue weighted by Gasteiger charge is -2.14. The summed E-state index contributed by atoms with van der Waals surface area (Å²) in [4.78, 5) is 23.7. The normalized spacial score (nSPS) is 11.2. The lowest BCUT2D eigenvalue weighted by molar-refractivity contribution is -0.0328. The maximum atomic E-state index is 13.7. The largest absolute Gasteiger partial charge is 0.446 e. The second kappa shape index (κ2) is 8.37. The van der Waals surface area contributed by atoms with Crippen molar-refractivity contribution in [3.63, 3.8) is 0 Å². The average molecular weight is 441 g/mol. The monoisotopic (exact) mass is 440 g/mol. The Morgan fingerprint density at radius 1 is 1.11 bits per heavy atom.